The Hall–Kier alpha value is -3.02. The quantitative estimate of drug-likeness (QED) is 0.787. The second-order valence-corrected chi connectivity index (χ2v) is 6.79. The molecule has 1 heterocycles. The van der Waals surface area contributed by atoms with E-state index in [-0.39, 0.29) is 5.91 Å². The smallest absolute Gasteiger partial charge is 0.253 e. The Morgan fingerprint density at radius 3 is 2.77 bits per heavy atom. The molecule has 4 rings (SSSR count). The molecule has 1 aliphatic carbocycles. The molecule has 132 valence electrons. The second kappa shape index (κ2) is 7.07. The van der Waals surface area contributed by atoms with Gasteiger partial charge in [-0.15, -0.1) is 10.2 Å². The van der Waals surface area contributed by atoms with Crippen LogP contribution in [-0.4, -0.2) is 38.5 Å². The molecule has 1 amide bonds. The van der Waals surface area contributed by atoms with Gasteiger partial charge in [0.2, 0.25) is 5.82 Å². The van der Waals surface area contributed by atoms with Gasteiger partial charge in [0.05, 0.1) is 0 Å². The number of aromatic amines is 1. The third kappa shape index (κ3) is 3.35. The fourth-order valence-electron chi connectivity index (χ4n) is 3.53. The van der Waals surface area contributed by atoms with Gasteiger partial charge >= 0.3 is 0 Å². The molecule has 6 heteroatoms. The molecule has 26 heavy (non-hydrogen) atoms. The average Bonchev–Trinajstić information content (AvgIpc) is 3.22. The number of carbonyl (C=O) groups is 1. The van der Waals surface area contributed by atoms with Gasteiger partial charge in [-0.25, -0.2) is 0 Å². The predicted molar refractivity (Wildman–Crippen MR) is 98.5 cm³/mol. The number of nitrogens with one attached hydrogen (secondary N) is 1. The zero-order valence-corrected chi connectivity index (χ0v) is 14.8. The van der Waals surface area contributed by atoms with Gasteiger partial charge in [-0.2, -0.15) is 5.21 Å². The standard InChI is InChI=1S/C20H21N5O/c1-25(13-14-5-4-8-17(11-14)19-21-23-24-22-19)20(26)18-10-9-15-6-2-3-7-16(15)12-18/h4-5,8-12H,2-3,6-7,13H2,1H3,(H,21,22,23,24). The largest absolute Gasteiger partial charge is 0.337 e. The monoisotopic (exact) mass is 347 g/mol. The summed E-state index contributed by atoms with van der Waals surface area (Å²) < 4.78 is 0. The van der Waals surface area contributed by atoms with E-state index in [1.165, 1.54) is 24.0 Å². The van der Waals surface area contributed by atoms with Crippen molar-refractivity contribution in [2.75, 3.05) is 7.05 Å². The van der Waals surface area contributed by atoms with E-state index in [4.69, 9.17) is 0 Å². The first-order valence-electron chi connectivity index (χ1n) is 8.91. The highest BCUT2D eigenvalue weighted by atomic mass is 16.2. The lowest BCUT2D eigenvalue weighted by Gasteiger charge is -2.20. The molecule has 1 aromatic heterocycles. The molecule has 0 spiro atoms. The number of amides is 1. The lowest BCUT2D eigenvalue weighted by Crippen LogP contribution is -2.26. The molecule has 0 atom stereocenters. The fourth-order valence-corrected chi connectivity index (χ4v) is 3.53. The summed E-state index contributed by atoms with van der Waals surface area (Å²) in [6, 6.07) is 14.0. The zero-order chi connectivity index (χ0) is 17.9. The van der Waals surface area contributed by atoms with Crippen LogP contribution in [0.25, 0.3) is 11.4 Å². The normalized spacial score (nSPS) is 13.3. The van der Waals surface area contributed by atoms with Gasteiger partial charge in [0.1, 0.15) is 0 Å². The maximum absolute atomic E-state index is 12.8. The summed E-state index contributed by atoms with van der Waals surface area (Å²) in [6.07, 6.45) is 4.66. The first-order valence-corrected chi connectivity index (χ1v) is 8.91. The molecule has 0 radical (unpaired) electrons. The molecule has 0 unspecified atom stereocenters. The van der Waals surface area contributed by atoms with Crippen LogP contribution in [0.4, 0.5) is 0 Å². The van der Waals surface area contributed by atoms with Crippen LogP contribution in [0, 0.1) is 0 Å². The van der Waals surface area contributed by atoms with Crippen LogP contribution in [0.2, 0.25) is 0 Å². The number of aryl methyl sites for hydroxylation is 2. The van der Waals surface area contributed by atoms with Crippen molar-refractivity contribution in [1.82, 2.24) is 25.5 Å². The molecule has 1 N–H and O–H groups in total. The van der Waals surface area contributed by atoms with E-state index in [0.29, 0.717) is 12.4 Å². The lowest BCUT2D eigenvalue weighted by atomic mass is 9.90. The Morgan fingerprint density at radius 2 is 1.96 bits per heavy atom. The van der Waals surface area contributed by atoms with Crippen LogP contribution in [-0.2, 0) is 19.4 Å². The molecule has 0 aliphatic heterocycles. The zero-order valence-electron chi connectivity index (χ0n) is 14.8. The van der Waals surface area contributed by atoms with Gasteiger partial charge in [-0.3, -0.25) is 4.79 Å². The van der Waals surface area contributed by atoms with Crippen molar-refractivity contribution in [3.63, 3.8) is 0 Å². The second-order valence-electron chi connectivity index (χ2n) is 6.79. The van der Waals surface area contributed by atoms with Crippen molar-refractivity contribution in [1.29, 1.82) is 0 Å². The van der Waals surface area contributed by atoms with Crippen molar-refractivity contribution in [2.45, 2.75) is 32.2 Å². The molecule has 6 nitrogen and oxygen atoms in total. The average molecular weight is 347 g/mol. The first kappa shape index (κ1) is 16.4. The number of fused-ring (bicyclic) bond motifs is 1. The van der Waals surface area contributed by atoms with Gasteiger partial charge in [0, 0.05) is 24.7 Å². The lowest BCUT2D eigenvalue weighted by molar-refractivity contribution is 0.0785. The summed E-state index contributed by atoms with van der Waals surface area (Å²) in [4.78, 5) is 14.6. The van der Waals surface area contributed by atoms with Crippen LogP contribution in [0.5, 0.6) is 0 Å². The molecule has 1 aliphatic rings. The number of hydrogen-bond donors (Lipinski definition) is 1. The van der Waals surface area contributed by atoms with Gasteiger partial charge in [-0.05, 0) is 65.8 Å². The van der Waals surface area contributed by atoms with Crippen molar-refractivity contribution < 1.29 is 4.79 Å². The summed E-state index contributed by atoms with van der Waals surface area (Å²) in [5, 5.41) is 14.1. The number of tetrazole rings is 1. The highest BCUT2D eigenvalue weighted by molar-refractivity contribution is 5.94. The number of carbonyl (C=O) groups excluding carboxylic acids is 1. The van der Waals surface area contributed by atoms with E-state index in [2.05, 4.69) is 32.8 Å². The molecule has 0 fully saturated rings. The Morgan fingerprint density at radius 1 is 1.12 bits per heavy atom. The molecule has 0 saturated heterocycles. The SMILES string of the molecule is CN(Cc1cccc(-c2nn[nH]n2)c1)C(=O)c1ccc2c(c1)CCCC2. The summed E-state index contributed by atoms with van der Waals surface area (Å²) in [7, 11) is 1.84. The van der Waals surface area contributed by atoms with Gasteiger partial charge in [0.15, 0.2) is 0 Å². The minimum atomic E-state index is 0.0448. The topological polar surface area (TPSA) is 74.8 Å². The highest BCUT2D eigenvalue weighted by Crippen LogP contribution is 2.23. The van der Waals surface area contributed by atoms with E-state index in [0.717, 1.165) is 29.5 Å². The number of nitrogens with zero attached hydrogens (tertiary/aromatic N) is 4. The molecule has 0 saturated carbocycles. The van der Waals surface area contributed by atoms with Gasteiger partial charge < -0.3 is 4.90 Å². The maximum Gasteiger partial charge on any atom is 0.253 e. The Kier molecular flexibility index (Phi) is 4.48. The van der Waals surface area contributed by atoms with Crippen LogP contribution in [0.1, 0.15) is 39.9 Å². The van der Waals surface area contributed by atoms with E-state index >= 15 is 0 Å². The van der Waals surface area contributed by atoms with Crippen LogP contribution in [0.3, 0.4) is 0 Å². The van der Waals surface area contributed by atoms with Crippen molar-refractivity contribution in [3.05, 3.63) is 64.7 Å². The Bertz CT molecular complexity index is 920. The fraction of sp³-hybridized carbons (Fsp3) is 0.300. The first-order chi connectivity index (χ1) is 12.7. The summed E-state index contributed by atoms with van der Waals surface area (Å²) in [6.45, 7) is 0.529. The summed E-state index contributed by atoms with van der Waals surface area (Å²) >= 11 is 0. The highest BCUT2D eigenvalue weighted by Gasteiger charge is 2.16. The number of aromatic nitrogens is 4. The Balaban J connectivity index is 1.50. The van der Waals surface area contributed by atoms with E-state index in [9.17, 15) is 4.79 Å². The van der Waals surface area contributed by atoms with Crippen LogP contribution >= 0.6 is 0 Å². The summed E-state index contributed by atoms with van der Waals surface area (Å²) in [5.41, 5.74) is 5.40. The summed E-state index contributed by atoms with van der Waals surface area (Å²) in [5.74, 6) is 0.596. The third-order valence-electron chi connectivity index (χ3n) is 4.89. The van der Waals surface area contributed by atoms with E-state index < -0.39 is 0 Å². The van der Waals surface area contributed by atoms with Crippen molar-refractivity contribution in [3.8, 4) is 11.4 Å². The molecule has 0 bridgehead atoms. The maximum atomic E-state index is 12.8. The minimum absolute atomic E-state index is 0.0448. The van der Waals surface area contributed by atoms with Gasteiger partial charge in [-0.1, -0.05) is 24.3 Å². The minimum Gasteiger partial charge on any atom is -0.337 e. The van der Waals surface area contributed by atoms with Crippen LogP contribution in [0.15, 0.2) is 42.5 Å². The van der Waals surface area contributed by atoms with Crippen molar-refractivity contribution >= 4 is 5.91 Å². The number of rotatable bonds is 4. The third-order valence-corrected chi connectivity index (χ3v) is 4.89. The predicted octanol–water partition coefficient (Wildman–Crippen LogP) is 3.02. The molecular formula is C20H21N5O. The van der Waals surface area contributed by atoms with Crippen molar-refractivity contribution in [2.24, 2.45) is 0 Å². The van der Waals surface area contributed by atoms with E-state index in [1.807, 2.05) is 37.4 Å². The number of benzene rings is 2. The molecular weight excluding hydrogens is 326 g/mol. The molecule has 3 aromatic rings. The number of H-pyrrole nitrogens is 1. The van der Waals surface area contributed by atoms with Crippen LogP contribution < -0.4 is 0 Å². The number of hydrogen-bond acceptors (Lipinski definition) is 4. The molecule has 2 aromatic carbocycles. The van der Waals surface area contributed by atoms with Gasteiger partial charge in [0.25, 0.3) is 5.91 Å². The Labute approximate surface area is 152 Å². The van der Waals surface area contributed by atoms with E-state index in [1.54, 1.807) is 4.90 Å².